The largest absolute Gasteiger partial charge is 0.352 e. The summed E-state index contributed by atoms with van der Waals surface area (Å²) in [7, 11) is 0. The summed E-state index contributed by atoms with van der Waals surface area (Å²) < 4.78 is 0. The first-order chi connectivity index (χ1) is 8.58. The van der Waals surface area contributed by atoms with Crippen molar-refractivity contribution in [2.24, 2.45) is 0 Å². The number of hydrogen-bond acceptors (Lipinski definition) is 3. The quantitative estimate of drug-likeness (QED) is 0.782. The highest BCUT2D eigenvalue weighted by molar-refractivity contribution is 5.81. The lowest BCUT2D eigenvalue weighted by Crippen LogP contribution is -2.47. The molecule has 0 aromatic heterocycles. The summed E-state index contributed by atoms with van der Waals surface area (Å²) in [5, 5.41) is 3.04. The minimum Gasteiger partial charge on any atom is -0.352 e. The van der Waals surface area contributed by atoms with Crippen LogP contribution in [0.25, 0.3) is 0 Å². The predicted molar refractivity (Wildman–Crippen MR) is 69.1 cm³/mol. The lowest BCUT2D eigenvalue weighted by Gasteiger charge is -2.26. The third-order valence-corrected chi connectivity index (χ3v) is 3.83. The topological polar surface area (TPSA) is 52.7 Å². The maximum absolute atomic E-state index is 12.0. The van der Waals surface area contributed by atoms with E-state index in [9.17, 15) is 9.59 Å². The lowest BCUT2D eigenvalue weighted by atomic mass is 10.2. The van der Waals surface area contributed by atoms with E-state index >= 15 is 0 Å². The molecule has 1 aliphatic carbocycles. The summed E-state index contributed by atoms with van der Waals surface area (Å²) in [6.45, 7) is 6.79. The van der Waals surface area contributed by atoms with E-state index in [2.05, 4.69) is 10.2 Å². The molecule has 0 spiro atoms. The van der Waals surface area contributed by atoms with Crippen LogP contribution in [0.4, 0.5) is 0 Å². The molecular weight excluding hydrogens is 230 g/mol. The molecule has 1 N–H and O–H groups in total. The summed E-state index contributed by atoms with van der Waals surface area (Å²) in [5.74, 6) is 0.265. The van der Waals surface area contributed by atoms with Crippen molar-refractivity contribution in [3.05, 3.63) is 0 Å². The standard InChI is InChI=1S/C13H23N3O2/c1-10(13(18)14-12-4-5-12)15-6-3-7-16(9-8-15)11(2)17/h10,12H,3-9H2,1-2H3,(H,14,18). The Morgan fingerprint density at radius 2 is 1.89 bits per heavy atom. The van der Waals surface area contributed by atoms with E-state index in [4.69, 9.17) is 0 Å². The van der Waals surface area contributed by atoms with Crippen LogP contribution in [0.2, 0.25) is 0 Å². The van der Waals surface area contributed by atoms with Gasteiger partial charge in [-0.05, 0) is 26.2 Å². The van der Waals surface area contributed by atoms with Gasteiger partial charge in [-0.2, -0.15) is 0 Å². The van der Waals surface area contributed by atoms with Crippen LogP contribution in [0.1, 0.15) is 33.1 Å². The maximum Gasteiger partial charge on any atom is 0.237 e. The Kier molecular flexibility index (Phi) is 4.22. The number of carbonyl (C=O) groups is 2. The fourth-order valence-corrected chi connectivity index (χ4v) is 2.35. The Bertz CT molecular complexity index is 328. The predicted octanol–water partition coefficient (Wildman–Crippen LogP) is 0.208. The molecule has 1 saturated carbocycles. The molecule has 5 nitrogen and oxygen atoms in total. The SMILES string of the molecule is CC(=O)N1CCCN(C(C)C(=O)NC2CC2)CC1. The second-order valence-electron chi connectivity index (χ2n) is 5.35. The zero-order valence-corrected chi connectivity index (χ0v) is 11.3. The molecule has 2 fully saturated rings. The summed E-state index contributed by atoms with van der Waals surface area (Å²) in [6, 6.07) is 0.332. The Hall–Kier alpha value is -1.10. The number of carbonyl (C=O) groups excluding carboxylic acids is 2. The van der Waals surface area contributed by atoms with Crippen LogP contribution in [-0.4, -0.2) is 59.9 Å². The summed E-state index contributed by atoms with van der Waals surface area (Å²) in [6.07, 6.45) is 3.19. The second-order valence-corrected chi connectivity index (χ2v) is 5.35. The first kappa shape index (κ1) is 13.3. The molecule has 1 heterocycles. The number of nitrogens with zero attached hydrogens (tertiary/aromatic N) is 2. The third kappa shape index (κ3) is 3.45. The van der Waals surface area contributed by atoms with E-state index in [1.54, 1.807) is 6.92 Å². The fraction of sp³-hybridized carbons (Fsp3) is 0.846. The van der Waals surface area contributed by atoms with Gasteiger partial charge in [0.2, 0.25) is 11.8 Å². The van der Waals surface area contributed by atoms with Crippen molar-refractivity contribution in [2.75, 3.05) is 26.2 Å². The van der Waals surface area contributed by atoms with Gasteiger partial charge in [-0.15, -0.1) is 0 Å². The smallest absolute Gasteiger partial charge is 0.237 e. The first-order valence-corrected chi connectivity index (χ1v) is 6.88. The third-order valence-electron chi connectivity index (χ3n) is 3.83. The van der Waals surface area contributed by atoms with E-state index in [0.29, 0.717) is 6.04 Å². The first-order valence-electron chi connectivity index (χ1n) is 6.88. The van der Waals surface area contributed by atoms with Crippen LogP contribution < -0.4 is 5.32 Å². The second kappa shape index (κ2) is 5.69. The minimum absolute atomic E-state index is 0.0856. The van der Waals surface area contributed by atoms with Crippen LogP contribution in [-0.2, 0) is 9.59 Å². The fourth-order valence-electron chi connectivity index (χ4n) is 2.35. The number of rotatable bonds is 3. The van der Waals surface area contributed by atoms with E-state index in [1.807, 2.05) is 11.8 Å². The molecule has 0 radical (unpaired) electrons. The molecule has 2 rings (SSSR count). The van der Waals surface area contributed by atoms with Gasteiger partial charge in [0.1, 0.15) is 0 Å². The van der Waals surface area contributed by atoms with Crippen molar-refractivity contribution in [2.45, 2.75) is 45.2 Å². The van der Waals surface area contributed by atoms with Crippen molar-refractivity contribution in [3.63, 3.8) is 0 Å². The Labute approximate surface area is 108 Å². The van der Waals surface area contributed by atoms with Gasteiger partial charge in [-0.3, -0.25) is 14.5 Å². The summed E-state index contributed by atoms with van der Waals surface area (Å²) in [4.78, 5) is 27.4. The molecule has 1 aliphatic heterocycles. The zero-order valence-electron chi connectivity index (χ0n) is 11.3. The van der Waals surface area contributed by atoms with Crippen molar-refractivity contribution >= 4 is 11.8 Å². The van der Waals surface area contributed by atoms with E-state index in [-0.39, 0.29) is 17.9 Å². The summed E-state index contributed by atoms with van der Waals surface area (Å²) >= 11 is 0. The maximum atomic E-state index is 12.0. The van der Waals surface area contributed by atoms with Crippen molar-refractivity contribution in [1.82, 2.24) is 15.1 Å². The number of nitrogens with one attached hydrogen (secondary N) is 1. The van der Waals surface area contributed by atoms with Crippen molar-refractivity contribution in [3.8, 4) is 0 Å². The normalized spacial score (nSPS) is 23.3. The van der Waals surface area contributed by atoms with Gasteiger partial charge in [-0.1, -0.05) is 0 Å². The van der Waals surface area contributed by atoms with E-state index in [0.717, 1.165) is 45.4 Å². The lowest BCUT2D eigenvalue weighted by molar-refractivity contribution is -0.128. The monoisotopic (exact) mass is 253 g/mol. The van der Waals surface area contributed by atoms with Crippen LogP contribution in [0, 0.1) is 0 Å². The van der Waals surface area contributed by atoms with Gasteiger partial charge in [0.25, 0.3) is 0 Å². The molecular formula is C13H23N3O2. The van der Waals surface area contributed by atoms with Crippen molar-refractivity contribution < 1.29 is 9.59 Å². The van der Waals surface area contributed by atoms with Gasteiger partial charge >= 0.3 is 0 Å². The van der Waals surface area contributed by atoms with Crippen LogP contribution in [0.5, 0.6) is 0 Å². The Morgan fingerprint density at radius 3 is 2.50 bits per heavy atom. The molecule has 0 aromatic carbocycles. The van der Waals surface area contributed by atoms with E-state index in [1.165, 1.54) is 0 Å². The zero-order chi connectivity index (χ0) is 13.1. The molecule has 102 valence electrons. The molecule has 2 amide bonds. The molecule has 2 aliphatic rings. The number of amides is 2. The molecule has 18 heavy (non-hydrogen) atoms. The summed E-state index contributed by atoms with van der Waals surface area (Å²) in [5.41, 5.74) is 0. The van der Waals surface area contributed by atoms with E-state index < -0.39 is 0 Å². The van der Waals surface area contributed by atoms with Crippen LogP contribution in [0.3, 0.4) is 0 Å². The number of hydrogen-bond donors (Lipinski definition) is 1. The average Bonchev–Trinajstić information content (AvgIpc) is 3.12. The molecule has 0 bridgehead atoms. The van der Waals surface area contributed by atoms with Gasteiger partial charge in [0.05, 0.1) is 6.04 Å². The van der Waals surface area contributed by atoms with Gasteiger partial charge < -0.3 is 10.2 Å². The molecule has 1 saturated heterocycles. The molecule has 5 heteroatoms. The van der Waals surface area contributed by atoms with Gasteiger partial charge in [0, 0.05) is 39.1 Å². The molecule has 0 aromatic rings. The molecule has 1 unspecified atom stereocenters. The minimum atomic E-state index is -0.0856. The van der Waals surface area contributed by atoms with Gasteiger partial charge in [0.15, 0.2) is 0 Å². The van der Waals surface area contributed by atoms with Crippen LogP contribution in [0.15, 0.2) is 0 Å². The Balaban J connectivity index is 1.84. The van der Waals surface area contributed by atoms with Crippen molar-refractivity contribution in [1.29, 1.82) is 0 Å². The van der Waals surface area contributed by atoms with Crippen LogP contribution >= 0.6 is 0 Å². The highest BCUT2D eigenvalue weighted by Gasteiger charge is 2.29. The van der Waals surface area contributed by atoms with Gasteiger partial charge in [-0.25, -0.2) is 0 Å². The average molecular weight is 253 g/mol. The Morgan fingerprint density at radius 1 is 1.17 bits per heavy atom. The highest BCUT2D eigenvalue weighted by Crippen LogP contribution is 2.19. The highest BCUT2D eigenvalue weighted by atomic mass is 16.2. The molecule has 1 atom stereocenters.